The molecular weight excluding hydrogens is 204 g/mol. The van der Waals surface area contributed by atoms with Crippen molar-refractivity contribution in [3.63, 3.8) is 0 Å². The van der Waals surface area contributed by atoms with Gasteiger partial charge < -0.3 is 14.9 Å². The van der Waals surface area contributed by atoms with Gasteiger partial charge in [0, 0.05) is 5.56 Å². The maximum Gasteiger partial charge on any atom is 0.208 e. The van der Waals surface area contributed by atoms with Crippen LogP contribution in [-0.2, 0) is 6.54 Å². The van der Waals surface area contributed by atoms with Crippen molar-refractivity contribution in [1.82, 2.24) is 4.98 Å². The lowest BCUT2D eigenvalue weighted by Gasteiger charge is -2.05. The van der Waals surface area contributed by atoms with Crippen LogP contribution in [0.4, 0.5) is 0 Å². The first-order valence-electron chi connectivity index (χ1n) is 5.04. The number of ether oxygens (including phenoxy) is 1. The molecule has 84 valence electrons. The molecule has 4 nitrogen and oxygen atoms in total. The third-order valence-electron chi connectivity index (χ3n) is 2.43. The summed E-state index contributed by atoms with van der Waals surface area (Å²) in [5, 5.41) is 0. The summed E-state index contributed by atoms with van der Waals surface area (Å²) in [4.78, 5) is 4.07. The summed E-state index contributed by atoms with van der Waals surface area (Å²) in [5.41, 5.74) is 7.54. The van der Waals surface area contributed by atoms with Crippen LogP contribution < -0.4 is 10.5 Å². The van der Waals surface area contributed by atoms with Gasteiger partial charge in [0.1, 0.15) is 5.75 Å². The minimum atomic E-state index is 0.315. The van der Waals surface area contributed by atoms with Gasteiger partial charge >= 0.3 is 0 Å². The van der Waals surface area contributed by atoms with Gasteiger partial charge in [-0.3, -0.25) is 0 Å². The summed E-state index contributed by atoms with van der Waals surface area (Å²) in [6, 6.07) is 5.81. The molecule has 1 heterocycles. The number of hydrogen-bond donors (Lipinski definition) is 1. The number of oxazole rings is 1. The molecule has 1 aromatic carbocycles. The SMILES string of the molecule is COc1ccc(-c2cnc(CN)o2)c(C)c1. The van der Waals surface area contributed by atoms with E-state index in [1.165, 1.54) is 0 Å². The molecule has 0 atom stereocenters. The Morgan fingerprint density at radius 2 is 2.25 bits per heavy atom. The van der Waals surface area contributed by atoms with Crippen LogP contribution in [0, 0.1) is 6.92 Å². The Balaban J connectivity index is 2.40. The van der Waals surface area contributed by atoms with Crippen LogP contribution in [0.3, 0.4) is 0 Å². The highest BCUT2D eigenvalue weighted by Crippen LogP contribution is 2.27. The van der Waals surface area contributed by atoms with E-state index in [-0.39, 0.29) is 0 Å². The van der Waals surface area contributed by atoms with Crippen LogP contribution in [-0.4, -0.2) is 12.1 Å². The van der Waals surface area contributed by atoms with E-state index in [1.54, 1.807) is 13.3 Å². The zero-order chi connectivity index (χ0) is 11.5. The summed E-state index contributed by atoms with van der Waals surface area (Å²) in [5.74, 6) is 2.12. The van der Waals surface area contributed by atoms with E-state index in [9.17, 15) is 0 Å². The van der Waals surface area contributed by atoms with Crippen molar-refractivity contribution in [2.75, 3.05) is 7.11 Å². The molecule has 16 heavy (non-hydrogen) atoms. The second kappa shape index (κ2) is 4.37. The highest BCUT2D eigenvalue weighted by molar-refractivity contribution is 5.62. The number of rotatable bonds is 3. The Bertz CT molecular complexity index is 492. The molecule has 0 unspecified atom stereocenters. The first kappa shape index (κ1) is 10.7. The van der Waals surface area contributed by atoms with Crippen molar-refractivity contribution in [2.24, 2.45) is 5.73 Å². The molecule has 4 heteroatoms. The number of hydrogen-bond acceptors (Lipinski definition) is 4. The fraction of sp³-hybridized carbons (Fsp3) is 0.250. The maximum absolute atomic E-state index is 5.50. The quantitative estimate of drug-likeness (QED) is 0.857. The highest BCUT2D eigenvalue weighted by atomic mass is 16.5. The zero-order valence-electron chi connectivity index (χ0n) is 9.36. The van der Waals surface area contributed by atoms with Crippen molar-refractivity contribution in [3.05, 3.63) is 35.9 Å². The third-order valence-corrected chi connectivity index (χ3v) is 2.43. The number of aryl methyl sites for hydroxylation is 1. The van der Waals surface area contributed by atoms with Crippen LogP contribution in [0.5, 0.6) is 5.75 Å². The molecule has 2 aromatic rings. The molecule has 0 bridgehead atoms. The second-order valence-electron chi connectivity index (χ2n) is 3.50. The summed E-state index contributed by atoms with van der Waals surface area (Å²) in [7, 11) is 1.65. The minimum absolute atomic E-state index is 0.315. The van der Waals surface area contributed by atoms with Crippen molar-refractivity contribution < 1.29 is 9.15 Å². The van der Waals surface area contributed by atoms with Crippen molar-refractivity contribution in [3.8, 4) is 17.1 Å². The molecule has 0 radical (unpaired) electrons. The predicted octanol–water partition coefficient (Wildman–Crippen LogP) is 2.12. The molecule has 2 rings (SSSR count). The molecule has 1 aromatic heterocycles. The van der Waals surface area contributed by atoms with E-state index in [2.05, 4.69) is 4.98 Å². The Labute approximate surface area is 94.1 Å². The smallest absolute Gasteiger partial charge is 0.208 e. The first-order valence-corrected chi connectivity index (χ1v) is 5.04. The fourth-order valence-electron chi connectivity index (χ4n) is 1.57. The van der Waals surface area contributed by atoms with Gasteiger partial charge in [-0.05, 0) is 30.7 Å². The van der Waals surface area contributed by atoms with E-state index in [4.69, 9.17) is 14.9 Å². The molecule has 0 aliphatic rings. The average Bonchev–Trinajstić information content (AvgIpc) is 2.77. The van der Waals surface area contributed by atoms with Gasteiger partial charge in [0.2, 0.25) is 5.89 Å². The number of nitrogens with zero attached hydrogens (tertiary/aromatic N) is 1. The predicted molar refractivity (Wildman–Crippen MR) is 61.1 cm³/mol. The average molecular weight is 218 g/mol. The molecule has 0 saturated heterocycles. The fourth-order valence-corrected chi connectivity index (χ4v) is 1.57. The summed E-state index contributed by atoms with van der Waals surface area (Å²) in [6.07, 6.45) is 1.69. The van der Waals surface area contributed by atoms with E-state index >= 15 is 0 Å². The van der Waals surface area contributed by atoms with Gasteiger partial charge in [0.05, 0.1) is 19.9 Å². The van der Waals surface area contributed by atoms with Crippen LogP contribution in [0.15, 0.2) is 28.8 Å². The van der Waals surface area contributed by atoms with Gasteiger partial charge in [-0.1, -0.05) is 0 Å². The largest absolute Gasteiger partial charge is 0.497 e. The number of nitrogens with two attached hydrogens (primary N) is 1. The van der Waals surface area contributed by atoms with E-state index < -0.39 is 0 Å². The lowest BCUT2D eigenvalue weighted by molar-refractivity contribution is 0.414. The molecule has 0 amide bonds. The summed E-state index contributed by atoms with van der Waals surface area (Å²) < 4.78 is 10.6. The second-order valence-corrected chi connectivity index (χ2v) is 3.50. The monoisotopic (exact) mass is 218 g/mol. The maximum atomic E-state index is 5.50. The molecule has 0 aliphatic carbocycles. The summed E-state index contributed by atoms with van der Waals surface area (Å²) in [6.45, 7) is 2.32. The molecule has 0 spiro atoms. The van der Waals surface area contributed by atoms with Gasteiger partial charge in [0.25, 0.3) is 0 Å². The normalized spacial score (nSPS) is 10.4. The molecule has 0 saturated carbocycles. The Kier molecular flexibility index (Phi) is 2.92. The third kappa shape index (κ3) is 1.92. The Morgan fingerprint density at radius 1 is 1.44 bits per heavy atom. The number of methoxy groups -OCH3 is 1. The number of benzene rings is 1. The van der Waals surface area contributed by atoms with E-state index in [0.29, 0.717) is 12.4 Å². The number of aromatic nitrogens is 1. The van der Waals surface area contributed by atoms with E-state index in [1.807, 2.05) is 25.1 Å². The zero-order valence-corrected chi connectivity index (χ0v) is 9.36. The van der Waals surface area contributed by atoms with Gasteiger partial charge in [-0.2, -0.15) is 0 Å². The Morgan fingerprint density at radius 3 is 2.81 bits per heavy atom. The van der Waals surface area contributed by atoms with Crippen LogP contribution in [0.25, 0.3) is 11.3 Å². The van der Waals surface area contributed by atoms with Gasteiger partial charge in [-0.25, -0.2) is 4.98 Å². The topological polar surface area (TPSA) is 61.3 Å². The minimum Gasteiger partial charge on any atom is -0.497 e. The van der Waals surface area contributed by atoms with Crippen LogP contribution >= 0.6 is 0 Å². The lowest BCUT2D eigenvalue weighted by Crippen LogP contribution is -1.94. The molecular formula is C12H14N2O2. The van der Waals surface area contributed by atoms with Crippen molar-refractivity contribution in [1.29, 1.82) is 0 Å². The van der Waals surface area contributed by atoms with Crippen molar-refractivity contribution >= 4 is 0 Å². The highest BCUT2D eigenvalue weighted by Gasteiger charge is 2.08. The summed E-state index contributed by atoms with van der Waals surface area (Å²) >= 11 is 0. The van der Waals surface area contributed by atoms with Crippen LogP contribution in [0.1, 0.15) is 11.5 Å². The Hall–Kier alpha value is -1.81. The lowest BCUT2D eigenvalue weighted by atomic mass is 10.1. The van der Waals surface area contributed by atoms with Gasteiger partial charge in [0.15, 0.2) is 5.76 Å². The molecule has 0 aliphatic heterocycles. The first-order chi connectivity index (χ1) is 7.74. The van der Waals surface area contributed by atoms with E-state index in [0.717, 1.165) is 22.6 Å². The van der Waals surface area contributed by atoms with Crippen molar-refractivity contribution in [2.45, 2.75) is 13.5 Å². The van der Waals surface area contributed by atoms with Gasteiger partial charge in [-0.15, -0.1) is 0 Å². The standard InChI is InChI=1S/C12H14N2O2/c1-8-5-9(15-2)3-4-10(8)11-7-14-12(6-13)16-11/h3-5,7H,6,13H2,1-2H3. The molecule has 0 fully saturated rings. The molecule has 2 N–H and O–H groups in total. The van der Waals surface area contributed by atoms with Crippen LogP contribution in [0.2, 0.25) is 0 Å².